The first-order valence-corrected chi connectivity index (χ1v) is 37.3. The molecule has 584 valence electrons. The average molecular weight is 1450 g/mol. The third-order valence-corrected chi connectivity index (χ3v) is 23.3. The summed E-state index contributed by atoms with van der Waals surface area (Å²) in [4.78, 5) is 98.7. The van der Waals surface area contributed by atoms with Gasteiger partial charge in [0.25, 0.3) is 5.67 Å². The minimum atomic E-state index is -3.06. The Morgan fingerprint density at radius 2 is 1.06 bits per heavy atom. The number of azide groups is 2. The number of halogens is 1. The highest BCUT2D eigenvalue weighted by atomic mass is 19.1. The molecule has 2 amide bonds. The Bertz CT molecular complexity index is 2890. The van der Waals surface area contributed by atoms with Gasteiger partial charge in [0.15, 0.2) is 35.3 Å². The molecule has 26 atom stereocenters. The smallest absolute Gasteiger partial charge is 0.410 e. The van der Waals surface area contributed by atoms with Crippen LogP contribution in [-0.4, -0.2) is 262 Å². The molecule has 6 aliphatic rings. The molecule has 0 spiro atoms. The van der Waals surface area contributed by atoms with Gasteiger partial charge in [-0.1, -0.05) is 65.6 Å². The zero-order valence-electron chi connectivity index (χ0n) is 66.3. The molecule has 0 bridgehead atoms. The van der Waals surface area contributed by atoms with Gasteiger partial charge in [0, 0.05) is 105 Å². The van der Waals surface area contributed by atoms with E-state index >= 15 is 4.39 Å². The molecule has 0 radical (unpaired) electrons. The fourth-order valence-corrected chi connectivity index (χ4v) is 17.4. The van der Waals surface area contributed by atoms with E-state index in [9.17, 15) is 28.8 Å². The lowest BCUT2D eigenvalue weighted by molar-refractivity contribution is -0.281. The first kappa shape index (κ1) is 87.6. The van der Waals surface area contributed by atoms with Crippen LogP contribution >= 0.6 is 0 Å². The first-order chi connectivity index (χ1) is 47.6. The number of hydrogen-bond acceptors (Lipinski definition) is 22. The summed E-state index contributed by atoms with van der Waals surface area (Å²) in [6, 6.07) is -1.32. The molecule has 6 rings (SSSR count). The minimum absolute atomic E-state index is 0.0127. The summed E-state index contributed by atoms with van der Waals surface area (Å²) in [6.07, 6.45) is -0.676. The summed E-state index contributed by atoms with van der Waals surface area (Å²) in [7, 11) is 13.3. The van der Waals surface area contributed by atoms with E-state index in [-0.39, 0.29) is 78.8 Å². The molecule has 6 heterocycles. The number of nitrogens with zero attached hydrogens (tertiary/aromatic N) is 11. The average Bonchev–Trinajstić information content (AvgIpc) is 1.64. The highest BCUT2D eigenvalue weighted by Gasteiger charge is 2.62. The van der Waals surface area contributed by atoms with E-state index in [1.807, 2.05) is 83.5 Å². The number of Topliss-reactive ketones (excluding diaryl/α,β-unsaturated/α-hetero) is 2. The molecule has 0 aliphatic carbocycles. The van der Waals surface area contributed by atoms with Crippen molar-refractivity contribution >= 4 is 35.7 Å². The van der Waals surface area contributed by atoms with Crippen molar-refractivity contribution < 1.29 is 80.5 Å². The molecule has 0 aromatic heterocycles. The third-order valence-electron chi connectivity index (χ3n) is 23.3. The summed E-state index contributed by atoms with van der Waals surface area (Å²) < 4.78 is 79.9. The van der Waals surface area contributed by atoms with Crippen LogP contribution in [0.25, 0.3) is 20.9 Å². The molecule has 29 heteroatoms. The highest BCUT2D eigenvalue weighted by Crippen LogP contribution is 2.45. The van der Waals surface area contributed by atoms with Crippen LogP contribution < -0.4 is 5.32 Å². The quantitative estimate of drug-likeness (QED) is 0.0225. The minimum Gasteiger partial charge on any atom is -0.458 e. The molecule has 6 saturated heterocycles. The molecule has 0 aromatic rings. The summed E-state index contributed by atoms with van der Waals surface area (Å²) in [5.74, 6) is -6.42. The topological polar surface area (TPSA) is 320 Å². The lowest BCUT2D eigenvalue weighted by Gasteiger charge is -2.47. The number of carbonyl (C=O) groups is 6. The van der Waals surface area contributed by atoms with Crippen LogP contribution in [0.4, 0.5) is 14.0 Å². The maximum atomic E-state index is 16.9. The first-order valence-electron chi connectivity index (χ1n) is 37.3. The van der Waals surface area contributed by atoms with Crippen molar-refractivity contribution in [1.29, 1.82) is 0 Å². The van der Waals surface area contributed by atoms with Crippen molar-refractivity contribution in [2.24, 2.45) is 51.7 Å². The van der Waals surface area contributed by atoms with Crippen molar-refractivity contribution in [2.75, 3.05) is 88.7 Å². The Labute approximate surface area is 607 Å². The predicted octanol–water partition coefficient (Wildman–Crippen LogP) is 11.1. The normalized spacial score (nSPS) is 41.1. The zero-order valence-corrected chi connectivity index (χ0v) is 66.3. The van der Waals surface area contributed by atoms with Gasteiger partial charge in [0.2, 0.25) is 0 Å². The van der Waals surface area contributed by atoms with Crippen molar-refractivity contribution in [3.8, 4) is 0 Å². The molecule has 0 aromatic carbocycles. The Kier molecular flexibility index (Phi) is 32.2. The second-order valence-electron chi connectivity index (χ2n) is 31.9. The number of alkyl halides is 1. The largest absolute Gasteiger partial charge is 0.458 e. The summed E-state index contributed by atoms with van der Waals surface area (Å²) in [6.45, 7) is 35.7. The Balaban J connectivity index is 0.000000367. The van der Waals surface area contributed by atoms with Crippen LogP contribution in [0.5, 0.6) is 0 Å². The van der Waals surface area contributed by atoms with Crippen LogP contribution in [0.3, 0.4) is 0 Å². The van der Waals surface area contributed by atoms with E-state index in [1.165, 1.54) is 0 Å². The predicted molar refractivity (Wildman–Crippen MR) is 383 cm³/mol. The van der Waals surface area contributed by atoms with Crippen molar-refractivity contribution in [2.45, 2.75) is 302 Å². The second kappa shape index (κ2) is 37.5. The molecular weight excluding hydrogens is 1320 g/mol. The maximum Gasteiger partial charge on any atom is 0.410 e. The number of methoxy groups -OCH3 is 2. The van der Waals surface area contributed by atoms with E-state index in [0.717, 1.165) is 19.8 Å². The Hall–Kier alpha value is -5.03. The van der Waals surface area contributed by atoms with Gasteiger partial charge in [-0.3, -0.25) is 24.2 Å². The lowest BCUT2D eigenvalue weighted by atomic mass is 9.77. The van der Waals surface area contributed by atoms with Crippen molar-refractivity contribution in [3.63, 3.8) is 0 Å². The molecule has 6 fully saturated rings. The van der Waals surface area contributed by atoms with Gasteiger partial charge in [-0.05, 0) is 198 Å². The van der Waals surface area contributed by atoms with Gasteiger partial charge in [0.05, 0.1) is 47.7 Å². The van der Waals surface area contributed by atoms with Crippen LogP contribution in [0.2, 0.25) is 0 Å². The standard InChI is InChI=1S/C37H65FN6O8.C36H64N6O8/c1-14-28-37(9)29(44(34(47)52-37)18-16-15-17-40-41-39)26(6)43(12)21-22(2)20-35(7,48-13)31(25(5)30(45)36(8,38)33(46)50-28)51-32-24(4)27(42(10)11)19-23(3)49-32;1-13-28-36(9)30(42(34(45)50-36)17-15-14-16-39-40-37)26(7)38-20-21(2)19-35(8,46-12)31(24(5)29(43)25(6)32(44)48-28)49-33-23(4)27(41(10)11)18-22(3)47-33/h22-29,31-32H,14-21H2,1-13H3;21-28,30-31,33,38H,13-20H2,1-12H3/t22-,23?,24?,25+,26-,27?,28-,29-,31-,32+,35-,36?,37-;21-,22?,23?,24+,25-,26-,27?,28-,30-,31-,33+,35-,36-/m11/s1. The number of fused-ring (bicyclic) bond motifs is 2. The molecule has 1 N–H and O–H groups in total. The molecule has 6 aliphatic heterocycles. The second-order valence-corrected chi connectivity index (χ2v) is 31.9. The summed E-state index contributed by atoms with van der Waals surface area (Å²) in [5, 5.41) is 10.9. The fraction of sp³-hybridized carbons (Fsp3) is 0.918. The van der Waals surface area contributed by atoms with E-state index in [2.05, 4.69) is 74.9 Å². The number of nitrogens with one attached hydrogen (secondary N) is 1. The fourth-order valence-electron chi connectivity index (χ4n) is 17.4. The lowest BCUT2D eigenvalue weighted by Crippen LogP contribution is -2.61. The molecular formula is C73H129FN12O16. The van der Waals surface area contributed by atoms with Gasteiger partial charge in [-0.15, -0.1) is 0 Å². The van der Waals surface area contributed by atoms with E-state index in [1.54, 1.807) is 58.6 Å². The number of cyclic esters (lactones) is 2. The van der Waals surface area contributed by atoms with Crippen LogP contribution in [0.1, 0.15) is 189 Å². The van der Waals surface area contributed by atoms with E-state index in [0.29, 0.717) is 77.7 Å². The number of ketones is 2. The summed E-state index contributed by atoms with van der Waals surface area (Å²) >= 11 is 0. The number of likely N-dealkylation sites (N-methyl/N-ethyl adjacent to an activating group) is 1. The van der Waals surface area contributed by atoms with Crippen LogP contribution in [-0.2, 0) is 66.5 Å². The van der Waals surface area contributed by atoms with Crippen LogP contribution in [0.15, 0.2) is 10.2 Å². The molecule has 102 heavy (non-hydrogen) atoms. The van der Waals surface area contributed by atoms with Gasteiger partial charge in [0.1, 0.15) is 18.1 Å². The van der Waals surface area contributed by atoms with Crippen LogP contribution in [0, 0.1) is 41.4 Å². The molecule has 28 nitrogen and oxygen atoms in total. The van der Waals surface area contributed by atoms with E-state index in [4.69, 9.17) is 58.4 Å². The number of unbranched alkanes of at least 4 members (excludes halogenated alkanes) is 2. The number of ether oxygens (including phenoxy) is 10. The van der Waals surface area contributed by atoms with Gasteiger partial charge >= 0.3 is 24.1 Å². The monoisotopic (exact) mass is 1450 g/mol. The number of esters is 2. The number of rotatable bonds is 20. The molecule has 0 saturated carbocycles. The Morgan fingerprint density at radius 3 is 1.50 bits per heavy atom. The zero-order chi connectivity index (χ0) is 76.9. The van der Waals surface area contributed by atoms with Gasteiger partial charge in [-0.25, -0.2) is 18.8 Å². The summed E-state index contributed by atoms with van der Waals surface area (Å²) in [5.41, 5.74) is 9.67. The number of carbonyl (C=O) groups excluding carboxylic acids is 6. The van der Waals surface area contributed by atoms with Crippen molar-refractivity contribution in [1.82, 2.24) is 29.8 Å². The molecule has 7 unspecified atom stereocenters. The SMILES string of the molecule is CC[C@H]1OC(=O)C(C)(F)C(=O)[C@H](C)[C@@H](O[C@@H]2OC(C)CC(N(C)C)C2C)[C@](C)(OC)C[C@@H](C)CN(C)[C@H](C)[C@H]2N(CCCCN=[N+]=[N-])C(=O)O[C@]12C.CC[C@H]1OC(=O)[C@H](C)C(=O)[C@H](C)[C@@H](O[C@@H]2OC(C)CC(N(C)C)C2C)[C@](C)(OC)C[C@@H](C)CN[C@H](C)[C@H]2N(CCCCN=[N+]=[N-])C(=O)O[C@]12C. The van der Waals surface area contributed by atoms with E-state index < -0.39 is 125 Å². The number of hydrogen-bond donors (Lipinski definition) is 1. The highest BCUT2D eigenvalue weighted by molar-refractivity contribution is 6.08. The van der Waals surface area contributed by atoms with Gasteiger partial charge in [-0.2, -0.15) is 0 Å². The Morgan fingerprint density at radius 1 is 0.627 bits per heavy atom. The number of amides is 2. The third kappa shape index (κ3) is 20.2. The maximum absolute atomic E-state index is 16.9. The van der Waals surface area contributed by atoms with Gasteiger partial charge < -0.3 is 67.4 Å². The van der Waals surface area contributed by atoms with Crippen molar-refractivity contribution in [3.05, 3.63) is 20.9 Å².